The van der Waals surface area contributed by atoms with Crippen molar-refractivity contribution in [3.8, 4) is 0 Å². The third-order valence-electron chi connectivity index (χ3n) is 5.92. The number of fused-ring (bicyclic) bond motifs is 1. The predicted octanol–water partition coefficient (Wildman–Crippen LogP) is 3.79. The molecule has 1 amide bonds. The van der Waals surface area contributed by atoms with Gasteiger partial charge in [-0.3, -0.25) is 4.79 Å². The maximum absolute atomic E-state index is 13.6. The van der Waals surface area contributed by atoms with Gasteiger partial charge in [0.1, 0.15) is 0 Å². The van der Waals surface area contributed by atoms with E-state index in [2.05, 4.69) is 5.32 Å². The molecule has 164 valence electrons. The third kappa shape index (κ3) is 4.10. The van der Waals surface area contributed by atoms with Gasteiger partial charge in [-0.2, -0.15) is 0 Å². The number of aliphatic hydroxyl groups is 1. The lowest BCUT2D eigenvalue weighted by Gasteiger charge is -2.15. The fourth-order valence-corrected chi connectivity index (χ4v) is 5.44. The number of aromatic nitrogens is 1. The number of aliphatic hydroxyl groups excluding tert-OH is 1. The minimum absolute atomic E-state index is 0.0731. The molecular weight excluding hydrogens is 436 g/mol. The molecule has 0 radical (unpaired) electrons. The average molecular weight is 461 g/mol. The molecular formula is C23H25ClN2O4S. The SMILES string of the molecule is Cc1ccc(S(=O)(=O)n2c(CNC(=O)C3(C)CC3)cc3cc(Cl)c(CCO)cc32)cc1. The Morgan fingerprint density at radius 1 is 1.19 bits per heavy atom. The molecule has 2 N–H and O–H groups in total. The largest absolute Gasteiger partial charge is 0.396 e. The van der Waals surface area contributed by atoms with Gasteiger partial charge in [0.25, 0.3) is 10.0 Å². The van der Waals surface area contributed by atoms with Crippen molar-refractivity contribution in [1.82, 2.24) is 9.29 Å². The smallest absolute Gasteiger partial charge is 0.268 e. The molecule has 1 saturated carbocycles. The summed E-state index contributed by atoms with van der Waals surface area (Å²) < 4.78 is 28.5. The van der Waals surface area contributed by atoms with E-state index in [1.54, 1.807) is 42.5 Å². The van der Waals surface area contributed by atoms with Crippen LogP contribution >= 0.6 is 11.6 Å². The lowest BCUT2D eigenvalue weighted by Crippen LogP contribution is -2.31. The van der Waals surface area contributed by atoms with Crippen LogP contribution < -0.4 is 5.32 Å². The highest BCUT2D eigenvalue weighted by Gasteiger charge is 2.44. The first-order chi connectivity index (χ1) is 14.7. The van der Waals surface area contributed by atoms with Gasteiger partial charge >= 0.3 is 0 Å². The number of hydrogen-bond donors (Lipinski definition) is 2. The normalized spacial score (nSPS) is 15.2. The maximum atomic E-state index is 13.6. The summed E-state index contributed by atoms with van der Waals surface area (Å²) in [6.45, 7) is 3.78. The lowest BCUT2D eigenvalue weighted by molar-refractivity contribution is -0.125. The fraction of sp³-hybridized carbons (Fsp3) is 0.348. The van der Waals surface area contributed by atoms with Crippen LogP contribution in [0.5, 0.6) is 0 Å². The highest BCUT2D eigenvalue weighted by atomic mass is 35.5. The Bertz CT molecular complexity index is 1260. The van der Waals surface area contributed by atoms with Crippen molar-refractivity contribution in [1.29, 1.82) is 0 Å². The Kier molecular flexibility index (Phi) is 5.62. The van der Waals surface area contributed by atoms with E-state index in [1.165, 1.54) is 3.97 Å². The molecule has 3 aromatic rings. The number of nitrogens with one attached hydrogen (secondary N) is 1. The molecule has 0 unspecified atom stereocenters. The molecule has 1 aliphatic rings. The van der Waals surface area contributed by atoms with E-state index in [0.29, 0.717) is 33.6 Å². The maximum Gasteiger partial charge on any atom is 0.268 e. The molecule has 31 heavy (non-hydrogen) atoms. The number of nitrogens with zero attached hydrogens (tertiary/aromatic N) is 1. The van der Waals surface area contributed by atoms with E-state index in [-0.39, 0.29) is 29.4 Å². The second kappa shape index (κ2) is 7.97. The predicted molar refractivity (Wildman–Crippen MR) is 121 cm³/mol. The molecule has 2 aromatic carbocycles. The number of rotatable bonds is 7. The Labute approximate surface area is 186 Å². The molecule has 0 atom stereocenters. The van der Waals surface area contributed by atoms with E-state index in [4.69, 9.17) is 11.6 Å². The molecule has 1 aromatic heterocycles. The summed E-state index contributed by atoms with van der Waals surface area (Å²) >= 11 is 6.35. The summed E-state index contributed by atoms with van der Waals surface area (Å²) in [5, 5.41) is 13.4. The van der Waals surface area contributed by atoms with Crippen molar-refractivity contribution in [3.05, 3.63) is 64.3 Å². The van der Waals surface area contributed by atoms with Gasteiger partial charge in [-0.15, -0.1) is 0 Å². The molecule has 6 nitrogen and oxygen atoms in total. The van der Waals surface area contributed by atoms with Crippen LogP contribution in [0, 0.1) is 12.3 Å². The summed E-state index contributed by atoms with van der Waals surface area (Å²) in [5.41, 5.74) is 2.18. The van der Waals surface area contributed by atoms with Gasteiger partial charge in [-0.1, -0.05) is 36.2 Å². The van der Waals surface area contributed by atoms with E-state index in [0.717, 1.165) is 18.4 Å². The van der Waals surface area contributed by atoms with Crippen LogP contribution in [-0.4, -0.2) is 30.0 Å². The van der Waals surface area contributed by atoms with Crippen molar-refractivity contribution in [2.45, 2.75) is 44.6 Å². The van der Waals surface area contributed by atoms with E-state index in [1.807, 2.05) is 13.8 Å². The number of aryl methyl sites for hydroxylation is 1. The molecule has 0 aliphatic heterocycles. The summed E-state index contributed by atoms with van der Waals surface area (Å²) in [5.74, 6) is -0.0731. The summed E-state index contributed by atoms with van der Waals surface area (Å²) in [6, 6.07) is 11.8. The van der Waals surface area contributed by atoms with Crippen molar-refractivity contribution < 1.29 is 18.3 Å². The Hall–Kier alpha value is -2.35. The number of hydrogen-bond acceptors (Lipinski definition) is 4. The van der Waals surface area contributed by atoms with Crippen molar-refractivity contribution >= 4 is 38.4 Å². The molecule has 1 heterocycles. The summed E-state index contributed by atoms with van der Waals surface area (Å²) in [6.07, 6.45) is 1.99. The van der Waals surface area contributed by atoms with Crippen LogP contribution in [0.2, 0.25) is 5.02 Å². The zero-order valence-electron chi connectivity index (χ0n) is 17.5. The number of halogens is 1. The first kappa shape index (κ1) is 21.9. The van der Waals surface area contributed by atoms with Gasteiger partial charge in [0.05, 0.1) is 22.7 Å². The Morgan fingerprint density at radius 2 is 1.87 bits per heavy atom. The number of carbonyl (C=O) groups is 1. The Morgan fingerprint density at radius 3 is 2.48 bits per heavy atom. The van der Waals surface area contributed by atoms with Crippen LogP contribution in [0.1, 0.15) is 36.6 Å². The first-order valence-corrected chi connectivity index (χ1v) is 12.0. The van der Waals surface area contributed by atoms with E-state index >= 15 is 0 Å². The summed E-state index contributed by atoms with van der Waals surface area (Å²) in [4.78, 5) is 12.6. The molecule has 0 bridgehead atoms. The first-order valence-electron chi connectivity index (χ1n) is 10.2. The second-order valence-electron chi connectivity index (χ2n) is 8.44. The number of amides is 1. The second-order valence-corrected chi connectivity index (χ2v) is 10.6. The van der Waals surface area contributed by atoms with Crippen LogP contribution in [-0.2, 0) is 27.8 Å². The van der Waals surface area contributed by atoms with Gasteiger partial charge in [0, 0.05) is 22.4 Å². The molecule has 0 spiro atoms. The Balaban J connectivity index is 1.85. The monoisotopic (exact) mass is 460 g/mol. The minimum atomic E-state index is -3.92. The zero-order valence-corrected chi connectivity index (χ0v) is 19.1. The molecule has 4 rings (SSSR count). The quantitative estimate of drug-likeness (QED) is 0.561. The van der Waals surface area contributed by atoms with Crippen LogP contribution in [0.4, 0.5) is 0 Å². The van der Waals surface area contributed by atoms with Gasteiger partial charge in [-0.05, 0) is 62.1 Å². The standard InChI is InChI=1S/C23H25ClN2O4S/c1-15-3-5-19(6-4-15)31(29,30)26-18(14-25-22(28)23(2)8-9-23)11-17-12-20(24)16(7-10-27)13-21(17)26/h3-6,11-13,27H,7-10,14H2,1-2H3,(H,25,28). The van der Waals surface area contributed by atoms with Gasteiger partial charge in [0.15, 0.2) is 0 Å². The van der Waals surface area contributed by atoms with Crippen LogP contribution in [0.25, 0.3) is 10.9 Å². The van der Waals surface area contributed by atoms with Crippen LogP contribution in [0.3, 0.4) is 0 Å². The number of carbonyl (C=O) groups excluding carboxylic acids is 1. The van der Waals surface area contributed by atoms with Gasteiger partial charge < -0.3 is 10.4 Å². The summed E-state index contributed by atoms with van der Waals surface area (Å²) in [7, 11) is -3.92. The van der Waals surface area contributed by atoms with Crippen molar-refractivity contribution in [3.63, 3.8) is 0 Å². The van der Waals surface area contributed by atoms with E-state index < -0.39 is 10.0 Å². The highest BCUT2D eigenvalue weighted by molar-refractivity contribution is 7.90. The van der Waals surface area contributed by atoms with Crippen molar-refractivity contribution in [2.24, 2.45) is 5.41 Å². The molecule has 0 saturated heterocycles. The highest BCUT2D eigenvalue weighted by Crippen LogP contribution is 2.45. The zero-order chi connectivity index (χ0) is 22.4. The molecule has 8 heteroatoms. The lowest BCUT2D eigenvalue weighted by atomic mass is 10.1. The molecule has 1 aliphatic carbocycles. The minimum Gasteiger partial charge on any atom is -0.396 e. The van der Waals surface area contributed by atoms with Crippen LogP contribution in [0.15, 0.2) is 47.4 Å². The number of benzene rings is 2. The van der Waals surface area contributed by atoms with Gasteiger partial charge in [0.2, 0.25) is 5.91 Å². The molecule has 1 fully saturated rings. The van der Waals surface area contributed by atoms with Crippen molar-refractivity contribution in [2.75, 3.05) is 6.61 Å². The van der Waals surface area contributed by atoms with E-state index in [9.17, 15) is 18.3 Å². The average Bonchev–Trinajstić information content (AvgIpc) is 3.37. The van der Waals surface area contributed by atoms with Gasteiger partial charge in [-0.25, -0.2) is 12.4 Å². The fourth-order valence-electron chi connectivity index (χ4n) is 3.64. The topological polar surface area (TPSA) is 88.4 Å². The third-order valence-corrected chi connectivity index (χ3v) is 8.05.